The second-order valence-corrected chi connectivity index (χ2v) is 4.68. The van der Waals surface area contributed by atoms with Crippen LogP contribution in [-0.4, -0.2) is 12.6 Å². The lowest BCUT2D eigenvalue weighted by atomic mass is 9.96. The molecule has 0 bridgehead atoms. The summed E-state index contributed by atoms with van der Waals surface area (Å²) in [6.07, 6.45) is 2.60. The Labute approximate surface area is 85.7 Å². The quantitative estimate of drug-likeness (QED) is 0.603. The molecular formula is C13H17N. The molecule has 0 fully saturated rings. The Hall–Kier alpha value is -0.980. The lowest BCUT2D eigenvalue weighted by molar-refractivity contribution is 0.572. The Morgan fingerprint density at radius 1 is 1.29 bits per heavy atom. The van der Waals surface area contributed by atoms with Gasteiger partial charge >= 0.3 is 0 Å². The summed E-state index contributed by atoms with van der Waals surface area (Å²) < 4.78 is 0. The molecule has 0 saturated heterocycles. The maximum atomic E-state index is 2.61. The molecule has 0 saturated carbocycles. The van der Waals surface area contributed by atoms with Gasteiger partial charge < -0.3 is 4.90 Å². The van der Waals surface area contributed by atoms with E-state index in [1.54, 1.807) is 16.8 Å². The molecule has 14 heavy (non-hydrogen) atoms. The maximum Gasteiger partial charge on any atom is 0.0437 e. The molecular weight excluding hydrogens is 170 g/mol. The summed E-state index contributed by atoms with van der Waals surface area (Å²) in [4.78, 5) is 2.61. The van der Waals surface area contributed by atoms with Crippen molar-refractivity contribution in [2.24, 2.45) is 0 Å². The Morgan fingerprint density at radius 3 is 3.00 bits per heavy atom. The highest BCUT2D eigenvalue weighted by Gasteiger charge is 2.35. The van der Waals surface area contributed by atoms with E-state index < -0.39 is 0 Å². The van der Waals surface area contributed by atoms with Crippen molar-refractivity contribution in [1.82, 2.24) is 0 Å². The Morgan fingerprint density at radius 2 is 2.14 bits per heavy atom. The fourth-order valence-electron chi connectivity index (χ4n) is 3.02. The number of nitrogens with zero attached hydrogens (tertiary/aromatic N) is 1. The Balaban J connectivity index is 2.22. The fourth-order valence-corrected chi connectivity index (χ4v) is 3.02. The van der Waals surface area contributed by atoms with Crippen molar-refractivity contribution in [2.45, 2.75) is 38.6 Å². The van der Waals surface area contributed by atoms with Gasteiger partial charge in [-0.2, -0.15) is 0 Å². The first-order valence-electron chi connectivity index (χ1n) is 5.67. The molecule has 74 valence electrons. The van der Waals surface area contributed by atoms with Gasteiger partial charge in [0.05, 0.1) is 0 Å². The predicted molar refractivity (Wildman–Crippen MR) is 60.0 cm³/mol. The number of aryl methyl sites for hydroxylation is 1. The van der Waals surface area contributed by atoms with Crippen molar-refractivity contribution >= 4 is 5.69 Å². The van der Waals surface area contributed by atoms with Crippen molar-refractivity contribution < 1.29 is 0 Å². The van der Waals surface area contributed by atoms with E-state index in [-0.39, 0.29) is 0 Å². The highest BCUT2D eigenvalue weighted by Crippen LogP contribution is 2.44. The lowest BCUT2D eigenvalue weighted by Crippen LogP contribution is -2.34. The molecule has 2 aliphatic rings. The van der Waals surface area contributed by atoms with E-state index in [4.69, 9.17) is 0 Å². The van der Waals surface area contributed by atoms with Gasteiger partial charge in [-0.25, -0.2) is 0 Å². The van der Waals surface area contributed by atoms with Crippen LogP contribution in [0.1, 0.15) is 37.3 Å². The van der Waals surface area contributed by atoms with Gasteiger partial charge in [0.15, 0.2) is 0 Å². The molecule has 0 aromatic heterocycles. The van der Waals surface area contributed by atoms with E-state index in [9.17, 15) is 0 Å². The molecule has 0 spiro atoms. The zero-order chi connectivity index (χ0) is 9.71. The molecule has 2 atom stereocenters. The van der Waals surface area contributed by atoms with Gasteiger partial charge in [0, 0.05) is 24.2 Å². The molecule has 1 aromatic rings. The summed E-state index contributed by atoms with van der Waals surface area (Å²) in [5.41, 5.74) is 4.72. The summed E-state index contributed by atoms with van der Waals surface area (Å²) >= 11 is 0. The maximum absolute atomic E-state index is 2.61. The zero-order valence-electron chi connectivity index (χ0n) is 8.96. The molecule has 0 aliphatic carbocycles. The van der Waals surface area contributed by atoms with Crippen LogP contribution in [0.15, 0.2) is 18.2 Å². The number of anilines is 1. The minimum absolute atomic E-state index is 0.700. The van der Waals surface area contributed by atoms with Crippen LogP contribution < -0.4 is 4.90 Å². The second kappa shape index (κ2) is 2.75. The largest absolute Gasteiger partial charge is 0.368 e. The van der Waals surface area contributed by atoms with E-state index in [1.165, 1.54) is 19.4 Å². The van der Waals surface area contributed by atoms with Crippen LogP contribution in [0.3, 0.4) is 0 Å². The normalized spacial score (nSPS) is 29.1. The molecule has 0 N–H and O–H groups in total. The van der Waals surface area contributed by atoms with Gasteiger partial charge in [0.2, 0.25) is 0 Å². The van der Waals surface area contributed by atoms with Crippen molar-refractivity contribution in [3.05, 3.63) is 29.3 Å². The summed E-state index contributed by atoms with van der Waals surface area (Å²) in [5.74, 6) is 0.711. The minimum Gasteiger partial charge on any atom is -0.368 e. The second-order valence-electron chi connectivity index (χ2n) is 4.68. The van der Waals surface area contributed by atoms with Gasteiger partial charge in [-0.1, -0.05) is 25.1 Å². The van der Waals surface area contributed by atoms with Crippen LogP contribution in [-0.2, 0) is 6.42 Å². The molecule has 1 heteroatoms. The van der Waals surface area contributed by atoms with Crippen LogP contribution in [0.25, 0.3) is 0 Å². The smallest absolute Gasteiger partial charge is 0.0437 e. The van der Waals surface area contributed by atoms with Crippen LogP contribution in [0.2, 0.25) is 0 Å². The first-order chi connectivity index (χ1) is 6.79. The monoisotopic (exact) mass is 187 g/mol. The van der Waals surface area contributed by atoms with Crippen LogP contribution in [0, 0.1) is 0 Å². The Bertz CT molecular complexity index is 369. The topological polar surface area (TPSA) is 3.24 Å². The number of para-hydroxylation sites is 1. The Kier molecular flexibility index (Phi) is 1.64. The number of hydrogen-bond acceptors (Lipinski definition) is 1. The summed E-state index contributed by atoms with van der Waals surface area (Å²) in [5, 5.41) is 0. The summed E-state index contributed by atoms with van der Waals surface area (Å²) in [6, 6.07) is 7.54. The summed E-state index contributed by atoms with van der Waals surface area (Å²) in [6.45, 7) is 5.98. The van der Waals surface area contributed by atoms with Crippen LogP contribution in [0.5, 0.6) is 0 Å². The van der Waals surface area contributed by atoms with Gasteiger partial charge in [-0.3, -0.25) is 0 Å². The van der Waals surface area contributed by atoms with E-state index in [1.807, 2.05) is 0 Å². The standard InChI is InChI=1S/C13H17N/c1-9-10(2)14-8-4-6-11-5-3-7-12(9)13(11)14/h3,5,7,9-10H,4,6,8H2,1-2H3. The number of hydrogen-bond donors (Lipinski definition) is 0. The van der Waals surface area contributed by atoms with Crippen molar-refractivity contribution in [2.75, 3.05) is 11.4 Å². The van der Waals surface area contributed by atoms with Crippen molar-refractivity contribution in [1.29, 1.82) is 0 Å². The fraction of sp³-hybridized carbons (Fsp3) is 0.538. The highest BCUT2D eigenvalue weighted by atomic mass is 15.2. The van der Waals surface area contributed by atoms with Crippen LogP contribution >= 0.6 is 0 Å². The van der Waals surface area contributed by atoms with Gasteiger partial charge in [-0.05, 0) is 30.9 Å². The van der Waals surface area contributed by atoms with Crippen LogP contribution in [0.4, 0.5) is 5.69 Å². The third kappa shape index (κ3) is 0.902. The minimum atomic E-state index is 0.700. The third-order valence-electron chi connectivity index (χ3n) is 3.99. The first-order valence-corrected chi connectivity index (χ1v) is 5.67. The summed E-state index contributed by atoms with van der Waals surface area (Å²) in [7, 11) is 0. The predicted octanol–water partition coefficient (Wildman–Crippen LogP) is 2.94. The molecule has 1 aromatic carbocycles. The van der Waals surface area contributed by atoms with Gasteiger partial charge in [-0.15, -0.1) is 0 Å². The molecule has 1 nitrogen and oxygen atoms in total. The first kappa shape index (κ1) is 8.34. The van der Waals surface area contributed by atoms with Crippen molar-refractivity contribution in [3.63, 3.8) is 0 Å². The van der Waals surface area contributed by atoms with Gasteiger partial charge in [0.1, 0.15) is 0 Å². The third-order valence-corrected chi connectivity index (χ3v) is 3.99. The van der Waals surface area contributed by atoms with E-state index in [2.05, 4.69) is 36.9 Å². The average molecular weight is 187 g/mol. The van der Waals surface area contributed by atoms with E-state index >= 15 is 0 Å². The zero-order valence-corrected chi connectivity index (χ0v) is 8.96. The SMILES string of the molecule is CC1c2cccc3c2N(CCC3)C1C. The van der Waals surface area contributed by atoms with E-state index in [0.29, 0.717) is 12.0 Å². The number of rotatable bonds is 0. The molecule has 3 rings (SSSR count). The molecule has 2 aliphatic heterocycles. The molecule has 2 heterocycles. The molecule has 0 radical (unpaired) electrons. The lowest BCUT2D eigenvalue weighted by Gasteiger charge is -2.31. The van der Waals surface area contributed by atoms with Crippen molar-refractivity contribution in [3.8, 4) is 0 Å². The average Bonchev–Trinajstić information content (AvgIpc) is 2.47. The van der Waals surface area contributed by atoms with Gasteiger partial charge in [0.25, 0.3) is 0 Å². The number of benzene rings is 1. The molecule has 2 unspecified atom stereocenters. The molecule has 0 amide bonds. The highest BCUT2D eigenvalue weighted by molar-refractivity contribution is 5.67. The van der Waals surface area contributed by atoms with E-state index in [0.717, 1.165) is 0 Å².